The average molecular weight is 339 g/mol. The van der Waals surface area contributed by atoms with E-state index < -0.39 is 0 Å². The molecule has 6 heteroatoms. The fraction of sp³-hybridized carbons (Fsp3) is 0.167. The van der Waals surface area contributed by atoms with Crippen molar-refractivity contribution in [2.24, 2.45) is 5.10 Å². The fourth-order valence-corrected chi connectivity index (χ4v) is 3.18. The molecule has 0 aliphatic heterocycles. The zero-order valence-electron chi connectivity index (χ0n) is 13.4. The first-order valence-electron chi connectivity index (χ1n) is 7.50. The van der Waals surface area contributed by atoms with Gasteiger partial charge in [-0.1, -0.05) is 30.3 Å². The highest BCUT2D eigenvalue weighted by atomic mass is 32.1. The van der Waals surface area contributed by atoms with Gasteiger partial charge < -0.3 is 5.11 Å². The second kappa shape index (κ2) is 6.80. The summed E-state index contributed by atoms with van der Waals surface area (Å²) in [5.74, 6) is -0.0665. The molecule has 3 aromatic rings. The van der Waals surface area contributed by atoms with Crippen molar-refractivity contribution < 1.29 is 9.90 Å². The summed E-state index contributed by atoms with van der Waals surface area (Å²) < 4.78 is 0. The summed E-state index contributed by atoms with van der Waals surface area (Å²) in [4.78, 5) is 16.2. The number of benzene rings is 2. The van der Waals surface area contributed by atoms with Crippen molar-refractivity contribution in [1.82, 2.24) is 10.4 Å². The van der Waals surface area contributed by atoms with Gasteiger partial charge in [-0.3, -0.25) is 4.79 Å². The molecule has 3 rings (SSSR count). The average Bonchev–Trinajstić information content (AvgIpc) is 2.98. The van der Waals surface area contributed by atoms with Gasteiger partial charge in [-0.15, -0.1) is 11.3 Å². The van der Waals surface area contributed by atoms with Crippen molar-refractivity contribution in [3.05, 3.63) is 58.0 Å². The number of carbonyl (C=O) groups excluding carboxylic acids is 1. The predicted molar refractivity (Wildman–Crippen MR) is 96.5 cm³/mol. The van der Waals surface area contributed by atoms with E-state index >= 15 is 0 Å². The summed E-state index contributed by atoms with van der Waals surface area (Å²) in [6.45, 7) is 3.64. The lowest BCUT2D eigenvalue weighted by Gasteiger charge is -2.08. The number of hydrogen-bond acceptors (Lipinski definition) is 5. The first-order chi connectivity index (χ1) is 11.5. The van der Waals surface area contributed by atoms with Crippen LogP contribution in [0.4, 0.5) is 0 Å². The molecule has 0 aliphatic rings. The summed E-state index contributed by atoms with van der Waals surface area (Å²) in [6.07, 6.45) is 0.193. The molecule has 0 saturated carbocycles. The number of phenols is 1. The Morgan fingerprint density at radius 2 is 2.08 bits per heavy atom. The topological polar surface area (TPSA) is 74.6 Å². The van der Waals surface area contributed by atoms with Crippen molar-refractivity contribution >= 4 is 33.7 Å². The van der Waals surface area contributed by atoms with Crippen LogP contribution < -0.4 is 5.43 Å². The molecule has 1 amide bonds. The molecule has 0 saturated heterocycles. The van der Waals surface area contributed by atoms with Crippen molar-refractivity contribution in [3.8, 4) is 5.75 Å². The number of hydrazone groups is 1. The highest BCUT2D eigenvalue weighted by molar-refractivity contribution is 7.09. The molecule has 0 fully saturated rings. The number of fused-ring (bicyclic) bond motifs is 1. The lowest BCUT2D eigenvalue weighted by molar-refractivity contribution is -0.120. The first-order valence-corrected chi connectivity index (χ1v) is 8.38. The molecule has 122 valence electrons. The van der Waals surface area contributed by atoms with Crippen LogP contribution in [-0.4, -0.2) is 21.7 Å². The third-order valence-electron chi connectivity index (χ3n) is 3.62. The molecule has 1 heterocycles. The maximum Gasteiger partial charge on any atom is 0.246 e. The van der Waals surface area contributed by atoms with Gasteiger partial charge in [0.25, 0.3) is 0 Å². The first kappa shape index (κ1) is 16.1. The third kappa shape index (κ3) is 3.44. The van der Waals surface area contributed by atoms with Crippen molar-refractivity contribution in [1.29, 1.82) is 0 Å². The molecule has 0 radical (unpaired) electrons. The molecule has 2 aromatic carbocycles. The Hall–Kier alpha value is -2.73. The number of phenolic OH excluding ortho intramolecular Hbond substituents is 1. The van der Waals surface area contributed by atoms with Crippen LogP contribution in [-0.2, 0) is 11.2 Å². The fourth-order valence-electron chi connectivity index (χ4n) is 2.41. The quantitative estimate of drug-likeness (QED) is 0.565. The minimum absolute atomic E-state index is 0.166. The van der Waals surface area contributed by atoms with Gasteiger partial charge in [0.1, 0.15) is 10.8 Å². The van der Waals surface area contributed by atoms with E-state index in [2.05, 4.69) is 15.5 Å². The van der Waals surface area contributed by atoms with Crippen LogP contribution in [0.3, 0.4) is 0 Å². The highest BCUT2D eigenvalue weighted by Crippen LogP contribution is 2.28. The maximum atomic E-state index is 11.9. The Balaban J connectivity index is 1.76. The summed E-state index contributed by atoms with van der Waals surface area (Å²) in [5.41, 5.74) is 4.56. The monoisotopic (exact) mass is 339 g/mol. The van der Waals surface area contributed by atoms with Gasteiger partial charge in [0.15, 0.2) is 0 Å². The van der Waals surface area contributed by atoms with Crippen LogP contribution in [0.15, 0.2) is 46.9 Å². The zero-order valence-corrected chi connectivity index (χ0v) is 14.2. The van der Waals surface area contributed by atoms with Crippen LogP contribution in [0.2, 0.25) is 0 Å². The number of aryl methyl sites for hydroxylation is 1. The van der Waals surface area contributed by atoms with Crippen LogP contribution >= 0.6 is 11.3 Å². The normalized spacial score (nSPS) is 11.7. The number of rotatable bonds is 4. The van der Waals surface area contributed by atoms with Crippen molar-refractivity contribution in [2.75, 3.05) is 0 Å². The Kier molecular flexibility index (Phi) is 4.57. The Labute approximate surface area is 143 Å². The van der Waals surface area contributed by atoms with E-state index in [9.17, 15) is 9.90 Å². The summed E-state index contributed by atoms with van der Waals surface area (Å²) in [7, 11) is 0. The van der Waals surface area contributed by atoms with Crippen molar-refractivity contribution in [2.45, 2.75) is 20.3 Å². The number of amides is 1. The van der Waals surface area contributed by atoms with E-state index in [4.69, 9.17) is 0 Å². The molecule has 1 aromatic heterocycles. The largest absolute Gasteiger partial charge is 0.507 e. The van der Waals surface area contributed by atoms with E-state index in [1.807, 2.05) is 42.6 Å². The number of nitrogens with one attached hydrogen (secondary N) is 1. The van der Waals surface area contributed by atoms with Crippen LogP contribution in [0.25, 0.3) is 10.8 Å². The Bertz CT molecular complexity index is 931. The standard InChI is InChI=1S/C18H17N3O2S/c1-11-10-24-17(19-11)9-16(22)21-20-12(2)14-8-7-13-5-3-4-6-15(13)18(14)23/h3-8,10,23H,9H2,1-2H3,(H,21,22)/b20-12+. The van der Waals surface area contributed by atoms with Gasteiger partial charge >= 0.3 is 0 Å². The Morgan fingerprint density at radius 3 is 2.83 bits per heavy atom. The minimum atomic E-state index is -0.232. The molecule has 0 bridgehead atoms. The molecule has 0 unspecified atom stereocenters. The number of aromatic hydroxyl groups is 1. The lowest BCUT2D eigenvalue weighted by Crippen LogP contribution is -2.21. The minimum Gasteiger partial charge on any atom is -0.507 e. The summed E-state index contributed by atoms with van der Waals surface area (Å²) in [5, 5.41) is 18.9. The molecule has 2 N–H and O–H groups in total. The van der Waals surface area contributed by atoms with Crippen molar-refractivity contribution in [3.63, 3.8) is 0 Å². The van der Waals surface area contributed by atoms with E-state index in [-0.39, 0.29) is 18.1 Å². The van der Waals surface area contributed by atoms with Crippen LogP contribution in [0.1, 0.15) is 23.2 Å². The molecule has 24 heavy (non-hydrogen) atoms. The predicted octanol–water partition coefficient (Wildman–Crippen LogP) is 3.39. The summed E-state index contributed by atoms with van der Waals surface area (Å²) in [6, 6.07) is 11.3. The zero-order chi connectivity index (χ0) is 17.1. The second-order valence-corrected chi connectivity index (χ2v) is 6.42. The van der Waals surface area contributed by atoms with Gasteiger partial charge in [-0.2, -0.15) is 5.10 Å². The smallest absolute Gasteiger partial charge is 0.246 e. The number of aromatic nitrogens is 1. The molecule has 0 aliphatic carbocycles. The van der Waals surface area contributed by atoms with Crippen LogP contribution in [0.5, 0.6) is 5.75 Å². The van der Waals surface area contributed by atoms with Gasteiger partial charge in [0.05, 0.1) is 12.1 Å². The molecule has 5 nitrogen and oxygen atoms in total. The number of hydrogen-bond donors (Lipinski definition) is 2. The lowest BCUT2D eigenvalue weighted by atomic mass is 10.0. The van der Waals surface area contributed by atoms with E-state index in [0.29, 0.717) is 11.3 Å². The van der Waals surface area contributed by atoms with Gasteiger partial charge in [0.2, 0.25) is 5.91 Å². The van der Waals surface area contributed by atoms with Gasteiger partial charge in [-0.25, -0.2) is 10.4 Å². The van der Waals surface area contributed by atoms with E-state index in [1.54, 1.807) is 13.0 Å². The van der Waals surface area contributed by atoms with E-state index in [0.717, 1.165) is 21.5 Å². The number of thiazole rings is 1. The van der Waals surface area contributed by atoms with E-state index in [1.165, 1.54) is 11.3 Å². The molecule has 0 spiro atoms. The molecule has 0 atom stereocenters. The molecular weight excluding hydrogens is 322 g/mol. The number of nitrogens with zero attached hydrogens (tertiary/aromatic N) is 2. The SMILES string of the molecule is C/C(=N\NC(=O)Cc1nc(C)cs1)c1ccc2ccccc2c1O. The third-order valence-corrected chi connectivity index (χ3v) is 4.58. The highest BCUT2D eigenvalue weighted by Gasteiger charge is 2.10. The maximum absolute atomic E-state index is 11.9. The van der Waals surface area contributed by atoms with Crippen LogP contribution in [0, 0.1) is 6.92 Å². The second-order valence-electron chi connectivity index (χ2n) is 5.47. The molecular formula is C18H17N3O2S. The van der Waals surface area contributed by atoms with Gasteiger partial charge in [0, 0.05) is 22.0 Å². The summed E-state index contributed by atoms with van der Waals surface area (Å²) >= 11 is 1.45. The number of carbonyl (C=O) groups is 1. The Morgan fingerprint density at radius 1 is 1.29 bits per heavy atom. The van der Waals surface area contributed by atoms with Gasteiger partial charge in [-0.05, 0) is 25.3 Å².